The van der Waals surface area contributed by atoms with Gasteiger partial charge in [0.05, 0.1) is 11.3 Å². The molecule has 0 aromatic heterocycles. The highest BCUT2D eigenvalue weighted by Gasteiger charge is 2.12. The van der Waals surface area contributed by atoms with Gasteiger partial charge in [-0.05, 0) is 37.3 Å². The number of benzene rings is 2. The lowest BCUT2D eigenvalue weighted by Crippen LogP contribution is -2.26. The molecular weight excluding hydrogens is 426 g/mol. The Bertz CT molecular complexity index is 715. The zero-order chi connectivity index (χ0) is 16.8. The Balaban J connectivity index is 2.13. The zero-order valence-corrected chi connectivity index (χ0v) is 15.5. The lowest BCUT2D eigenvalue weighted by Gasteiger charge is -2.12. The van der Waals surface area contributed by atoms with Crippen molar-refractivity contribution in [3.63, 3.8) is 0 Å². The molecule has 5 nitrogen and oxygen atoms in total. The van der Waals surface area contributed by atoms with Gasteiger partial charge in [-0.2, -0.15) is 0 Å². The summed E-state index contributed by atoms with van der Waals surface area (Å²) in [7, 11) is 0. The number of urea groups is 1. The lowest BCUT2D eigenvalue weighted by atomic mass is 10.1. The van der Waals surface area contributed by atoms with Gasteiger partial charge >= 0.3 is 6.03 Å². The van der Waals surface area contributed by atoms with Gasteiger partial charge in [0.1, 0.15) is 0 Å². The molecule has 120 valence electrons. The molecule has 0 spiro atoms. The number of halogens is 2. The molecule has 23 heavy (non-hydrogen) atoms. The number of nitrogens with one attached hydrogen (secondary N) is 3. The summed E-state index contributed by atoms with van der Waals surface area (Å²) in [6.45, 7) is 2.36. The van der Waals surface area contributed by atoms with E-state index < -0.39 is 6.03 Å². The van der Waals surface area contributed by atoms with Crippen LogP contribution in [-0.4, -0.2) is 18.5 Å². The maximum absolute atomic E-state index is 12.2. The van der Waals surface area contributed by atoms with E-state index in [9.17, 15) is 9.59 Å². The number of carbonyl (C=O) groups is 2. The molecule has 3 N–H and O–H groups in total. The van der Waals surface area contributed by atoms with Crippen LogP contribution in [0.1, 0.15) is 17.3 Å². The fourth-order valence-electron chi connectivity index (χ4n) is 1.96. The first-order valence-corrected chi connectivity index (χ1v) is 8.49. The van der Waals surface area contributed by atoms with Crippen molar-refractivity contribution in [2.24, 2.45) is 0 Å². The van der Waals surface area contributed by atoms with E-state index >= 15 is 0 Å². The summed E-state index contributed by atoms with van der Waals surface area (Å²) in [4.78, 5) is 24.2. The minimum Gasteiger partial charge on any atom is -0.352 e. The average molecular weight is 441 g/mol. The molecule has 2 aromatic carbocycles. The molecule has 3 amide bonds. The normalized spacial score (nSPS) is 10.0. The average Bonchev–Trinajstić information content (AvgIpc) is 2.46. The van der Waals surface area contributed by atoms with Crippen molar-refractivity contribution in [2.45, 2.75) is 6.92 Å². The van der Waals surface area contributed by atoms with Crippen molar-refractivity contribution < 1.29 is 9.59 Å². The van der Waals surface area contributed by atoms with E-state index in [0.29, 0.717) is 23.5 Å². The van der Waals surface area contributed by atoms with Crippen molar-refractivity contribution in [2.75, 3.05) is 17.2 Å². The van der Waals surface area contributed by atoms with E-state index in [1.165, 1.54) is 0 Å². The first-order valence-electron chi connectivity index (χ1n) is 6.91. The minimum atomic E-state index is -0.424. The van der Waals surface area contributed by atoms with Crippen LogP contribution in [0, 0.1) is 0 Å². The number of amides is 3. The Labute approximate surface area is 151 Å². The Morgan fingerprint density at radius 2 is 1.65 bits per heavy atom. The van der Waals surface area contributed by atoms with Crippen LogP contribution >= 0.6 is 31.9 Å². The quantitative estimate of drug-likeness (QED) is 0.649. The Hall–Kier alpha value is -1.86. The van der Waals surface area contributed by atoms with Crippen LogP contribution in [0.4, 0.5) is 16.2 Å². The van der Waals surface area contributed by atoms with Crippen LogP contribution in [0.3, 0.4) is 0 Å². The van der Waals surface area contributed by atoms with Gasteiger partial charge in [-0.3, -0.25) is 4.79 Å². The second-order valence-corrected chi connectivity index (χ2v) is 6.47. The number of hydrogen-bond acceptors (Lipinski definition) is 2. The fraction of sp³-hybridized carbons (Fsp3) is 0.125. The van der Waals surface area contributed by atoms with E-state index in [4.69, 9.17) is 0 Å². The Kier molecular flexibility index (Phi) is 6.18. The lowest BCUT2D eigenvalue weighted by molar-refractivity contribution is 0.0956. The molecule has 0 bridgehead atoms. The standard InChI is InChI=1S/C16H15Br2N3O2/c1-2-19-15(22)13-5-3-4-6-14(13)21-16(23)20-12-8-10(17)7-11(18)9-12/h3-9H,2H2,1H3,(H,19,22)(H2,20,21,23). The van der Waals surface area contributed by atoms with Gasteiger partial charge in [-0.1, -0.05) is 44.0 Å². The third-order valence-electron chi connectivity index (χ3n) is 2.88. The monoisotopic (exact) mass is 439 g/mol. The van der Waals surface area contributed by atoms with E-state index in [1.807, 2.05) is 13.0 Å². The predicted molar refractivity (Wildman–Crippen MR) is 98.9 cm³/mol. The van der Waals surface area contributed by atoms with Crippen molar-refractivity contribution >= 4 is 55.2 Å². The molecule has 0 aliphatic carbocycles. The first-order chi connectivity index (χ1) is 11.0. The fourth-order valence-corrected chi connectivity index (χ4v) is 3.25. The molecule has 0 saturated heterocycles. The van der Waals surface area contributed by atoms with Crippen molar-refractivity contribution in [1.29, 1.82) is 0 Å². The molecule has 7 heteroatoms. The van der Waals surface area contributed by atoms with Crippen molar-refractivity contribution in [3.05, 3.63) is 57.0 Å². The molecule has 2 aromatic rings. The number of para-hydroxylation sites is 1. The predicted octanol–water partition coefficient (Wildman–Crippen LogP) is 4.61. The molecule has 0 radical (unpaired) electrons. The van der Waals surface area contributed by atoms with Gasteiger partial charge in [-0.25, -0.2) is 4.79 Å². The van der Waals surface area contributed by atoms with E-state index in [2.05, 4.69) is 47.8 Å². The van der Waals surface area contributed by atoms with Gasteiger partial charge < -0.3 is 16.0 Å². The highest BCUT2D eigenvalue weighted by molar-refractivity contribution is 9.11. The molecule has 0 unspecified atom stereocenters. The largest absolute Gasteiger partial charge is 0.352 e. The Morgan fingerprint density at radius 1 is 1.00 bits per heavy atom. The summed E-state index contributed by atoms with van der Waals surface area (Å²) in [5.74, 6) is -0.228. The Morgan fingerprint density at radius 3 is 2.30 bits per heavy atom. The van der Waals surface area contributed by atoms with Gasteiger partial charge in [0.25, 0.3) is 5.91 Å². The molecule has 0 aliphatic rings. The van der Waals surface area contributed by atoms with Crippen LogP contribution in [0.25, 0.3) is 0 Å². The topological polar surface area (TPSA) is 70.2 Å². The smallest absolute Gasteiger partial charge is 0.323 e. The van der Waals surface area contributed by atoms with Gasteiger partial charge in [0, 0.05) is 21.2 Å². The van der Waals surface area contributed by atoms with Crippen LogP contribution in [-0.2, 0) is 0 Å². The summed E-state index contributed by atoms with van der Waals surface area (Å²) >= 11 is 6.73. The van der Waals surface area contributed by atoms with Gasteiger partial charge in [0.2, 0.25) is 0 Å². The zero-order valence-electron chi connectivity index (χ0n) is 12.3. The maximum atomic E-state index is 12.2. The number of rotatable bonds is 4. The van der Waals surface area contributed by atoms with Gasteiger partial charge in [0.15, 0.2) is 0 Å². The van der Waals surface area contributed by atoms with Crippen molar-refractivity contribution in [3.8, 4) is 0 Å². The summed E-state index contributed by atoms with van der Waals surface area (Å²) in [6, 6.07) is 11.9. The van der Waals surface area contributed by atoms with E-state index in [-0.39, 0.29) is 5.91 Å². The SMILES string of the molecule is CCNC(=O)c1ccccc1NC(=O)Nc1cc(Br)cc(Br)c1. The van der Waals surface area contributed by atoms with Crippen LogP contribution in [0.2, 0.25) is 0 Å². The van der Waals surface area contributed by atoms with Crippen LogP contribution in [0.5, 0.6) is 0 Å². The van der Waals surface area contributed by atoms with Crippen LogP contribution in [0.15, 0.2) is 51.4 Å². The third kappa shape index (κ3) is 5.07. The number of hydrogen-bond donors (Lipinski definition) is 3. The minimum absolute atomic E-state index is 0.228. The molecule has 0 aliphatic heterocycles. The number of anilines is 2. The molecule has 0 fully saturated rings. The summed E-state index contributed by atoms with van der Waals surface area (Å²) in [5.41, 5.74) is 1.49. The van der Waals surface area contributed by atoms with E-state index in [1.54, 1.807) is 36.4 Å². The molecule has 0 atom stereocenters. The molecule has 2 rings (SSSR count). The summed E-state index contributed by atoms with van der Waals surface area (Å²) in [5, 5.41) is 8.14. The first kappa shape index (κ1) is 17.5. The second kappa shape index (κ2) is 8.12. The highest BCUT2D eigenvalue weighted by Crippen LogP contribution is 2.23. The van der Waals surface area contributed by atoms with Crippen molar-refractivity contribution in [1.82, 2.24) is 5.32 Å². The third-order valence-corrected chi connectivity index (χ3v) is 3.79. The highest BCUT2D eigenvalue weighted by atomic mass is 79.9. The van der Waals surface area contributed by atoms with Gasteiger partial charge in [-0.15, -0.1) is 0 Å². The number of carbonyl (C=O) groups excluding carboxylic acids is 2. The molecule has 0 heterocycles. The second-order valence-electron chi connectivity index (χ2n) is 4.64. The maximum Gasteiger partial charge on any atom is 0.323 e. The molecular formula is C16H15Br2N3O2. The molecule has 0 saturated carbocycles. The van der Waals surface area contributed by atoms with Crippen LogP contribution < -0.4 is 16.0 Å². The summed E-state index contributed by atoms with van der Waals surface area (Å²) in [6.07, 6.45) is 0. The summed E-state index contributed by atoms with van der Waals surface area (Å²) < 4.78 is 1.68. The van der Waals surface area contributed by atoms with E-state index in [0.717, 1.165) is 8.95 Å².